The minimum absolute atomic E-state index is 0.0223. The van der Waals surface area contributed by atoms with E-state index in [1.165, 1.54) is 16.7 Å². The van der Waals surface area contributed by atoms with E-state index in [1.807, 2.05) is 12.1 Å². The van der Waals surface area contributed by atoms with E-state index >= 15 is 0 Å². The Bertz CT molecular complexity index is 3920. The van der Waals surface area contributed by atoms with E-state index in [2.05, 4.69) is 232 Å². The van der Waals surface area contributed by atoms with Crippen LogP contribution in [0.25, 0.3) is 55.6 Å². The Morgan fingerprint density at radius 3 is 1.42 bits per heavy atom. The molecule has 0 radical (unpaired) electrons. The molecule has 0 bridgehead atoms. The summed E-state index contributed by atoms with van der Waals surface area (Å²) in [5.74, 6) is 0. The molecule has 0 fully saturated rings. The summed E-state index contributed by atoms with van der Waals surface area (Å²) in [7, 11) is 0. The average Bonchev–Trinajstić information content (AvgIpc) is 3.57. The molecule has 10 aromatic carbocycles. The Morgan fingerprint density at radius 1 is 0.366 bits per heavy atom. The molecule has 0 amide bonds. The number of hydrogen-bond donors (Lipinski definition) is 0. The van der Waals surface area contributed by atoms with Gasteiger partial charge in [0.2, 0.25) is 0 Å². The van der Waals surface area contributed by atoms with Crippen LogP contribution in [0.4, 0.5) is 34.1 Å². The highest BCUT2D eigenvalue weighted by Gasteiger charge is 2.45. The molecule has 340 valence electrons. The van der Waals surface area contributed by atoms with Crippen molar-refractivity contribution < 1.29 is 6.85 Å². The third-order valence-electron chi connectivity index (χ3n) is 15.6. The number of anilines is 6. The Morgan fingerprint density at radius 2 is 0.845 bits per heavy atom. The van der Waals surface area contributed by atoms with Gasteiger partial charge in [0.15, 0.2) is 0 Å². The zero-order chi connectivity index (χ0) is 52.2. The quantitative estimate of drug-likeness (QED) is 0.147. The van der Waals surface area contributed by atoms with Crippen molar-refractivity contribution in [2.45, 2.75) is 51.4 Å². The van der Waals surface area contributed by atoms with Crippen LogP contribution in [0.1, 0.15) is 58.5 Å². The molecule has 0 aromatic heterocycles. The van der Waals surface area contributed by atoms with Crippen molar-refractivity contribution in [1.82, 2.24) is 0 Å². The van der Waals surface area contributed by atoms with Crippen LogP contribution >= 0.6 is 0 Å². The van der Waals surface area contributed by atoms with Gasteiger partial charge in [-0.2, -0.15) is 0 Å². The van der Waals surface area contributed by atoms with E-state index in [-0.39, 0.29) is 47.3 Å². The molecule has 0 spiro atoms. The lowest BCUT2D eigenvalue weighted by Crippen LogP contribution is -2.61. The third-order valence-corrected chi connectivity index (χ3v) is 15.6. The molecule has 3 aliphatic rings. The summed E-state index contributed by atoms with van der Waals surface area (Å²) in [6.45, 7) is 9.29. The monoisotopic (exact) mass is 915 g/mol. The van der Waals surface area contributed by atoms with E-state index < -0.39 is 6.04 Å². The van der Waals surface area contributed by atoms with Gasteiger partial charge in [-0.05, 0) is 132 Å². The van der Waals surface area contributed by atoms with Crippen molar-refractivity contribution in [2.24, 2.45) is 0 Å². The standard InChI is InChI=1S/C68H55BN2/c1-67(2)40-41-68(3,4)65-55(32-21-33-56(65)67)51-37-39-62-58(43-51)69-57-42-50(46-22-9-5-10-23-46)36-38-61(57)70(59-34-19-17-30-53(59)48-26-13-7-14-27-48)63-44-52(47-24-11-6-12-25-47)45-64(66(63)69)71(62)60-35-20-18-31-54(60)49-28-15-8-16-29-49/h5-39,42-45H,40-41H2,1-4H3/i6D,11D,12D,24D,25D. The molecule has 3 heteroatoms. The number of rotatable bonds is 7. The lowest BCUT2D eigenvalue weighted by Gasteiger charge is -2.45. The maximum absolute atomic E-state index is 9.48. The highest BCUT2D eigenvalue weighted by molar-refractivity contribution is 7.00. The summed E-state index contributed by atoms with van der Waals surface area (Å²) < 4.78 is 45.5. The Balaban J connectivity index is 1.19. The van der Waals surface area contributed by atoms with Gasteiger partial charge in [-0.15, -0.1) is 0 Å². The second-order valence-electron chi connectivity index (χ2n) is 20.7. The molecule has 71 heavy (non-hydrogen) atoms. The van der Waals surface area contributed by atoms with Crippen LogP contribution in [-0.4, -0.2) is 6.71 Å². The van der Waals surface area contributed by atoms with Gasteiger partial charge in [-0.1, -0.05) is 228 Å². The van der Waals surface area contributed by atoms with Crippen molar-refractivity contribution in [3.8, 4) is 55.6 Å². The van der Waals surface area contributed by atoms with Crippen molar-refractivity contribution in [3.63, 3.8) is 0 Å². The highest BCUT2D eigenvalue weighted by Crippen LogP contribution is 2.52. The molecule has 2 heterocycles. The number of hydrogen-bond acceptors (Lipinski definition) is 2. The maximum Gasteiger partial charge on any atom is 0.252 e. The average molecular weight is 916 g/mol. The molecule has 0 atom stereocenters. The molecule has 2 nitrogen and oxygen atoms in total. The van der Waals surface area contributed by atoms with Crippen LogP contribution in [0, 0.1) is 0 Å². The fourth-order valence-electron chi connectivity index (χ4n) is 12.1. The topological polar surface area (TPSA) is 6.48 Å². The summed E-state index contributed by atoms with van der Waals surface area (Å²) in [4.78, 5) is 4.76. The molecule has 0 unspecified atom stereocenters. The second-order valence-corrected chi connectivity index (χ2v) is 20.7. The smallest absolute Gasteiger partial charge is 0.252 e. The summed E-state index contributed by atoms with van der Waals surface area (Å²) in [6, 6.07) is 72.1. The molecule has 10 aromatic rings. The van der Waals surface area contributed by atoms with E-state index in [4.69, 9.17) is 4.11 Å². The van der Waals surface area contributed by atoms with E-state index in [9.17, 15) is 2.74 Å². The van der Waals surface area contributed by atoms with Crippen molar-refractivity contribution in [2.75, 3.05) is 9.80 Å². The molecule has 0 saturated heterocycles. The zero-order valence-corrected chi connectivity index (χ0v) is 40.5. The van der Waals surface area contributed by atoms with Gasteiger partial charge in [0.05, 0.1) is 18.2 Å². The Hall–Kier alpha value is -8.14. The normalized spacial score (nSPS) is 15.8. The van der Waals surface area contributed by atoms with Crippen LogP contribution in [0.2, 0.25) is 0 Å². The molecule has 0 saturated carbocycles. The summed E-state index contributed by atoms with van der Waals surface area (Å²) in [5, 5.41) is 0. The van der Waals surface area contributed by atoms with Gasteiger partial charge < -0.3 is 9.80 Å². The summed E-state index contributed by atoms with van der Waals surface area (Å²) in [6.07, 6.45) is 2.21. The van der Waals surface area contributed by atoms with Crippen LogP contribution < -0.4 is 26.2 Å². The predicted octanol–water partition coefficient (Wildman–Crippen LogP) is 16.5. The van der Waals surface area contributed by atoms with Gasteiger partial charge >= 0.3 is 0 Å². The maximum atomic E-state index is 9.48. The molecule has 13 rings (SSSR count). The van der Waals surface area contributed by atoms with E-state index in [0.717, 1.165) is 102 Å². The van der Waals surface area contributed by atoms with Gasteiger partial charge in [-0.25, -0.2) is 0 Å². The first kappa shape index (κ1) is 37.7. The molecular formula is C68H55BN2. The second kappa shape index (κ2) is 16.8. The fraction of sp³-hybridized carbons (Fsp3) is 0.118. The number of nitrogens with zero attached hydrogens (tertiary/aromatic N) is 2. The third kappa shape index (κ3) is 7.09. The van der Waals surface area contributed by atoms with Crippen molar-refractivity contribution in [1.29, 1.82) is 0 Å². The number of para-hydroxylation sites is 2. The van der Waals surface area contributed by atoms with Gasteiger partial charge in [0, 0.05) is 33.9 Å². The lowest BCUT2D eigenvalue weighted by atomic mass is 9.33. The Kier molecular flexibility index (Phi) is 8.92. The van der Waals surface area contributed by atoms with Crippen molar-refractivity contribution >= 4 is 57.2 Å². The van der Waals surface area contributed by atoms with E-state index in [0.29, 0.717) is 5.56 Å². The SMILES string of the molecule is [2H]c1c([2H])c([2H])c(-c2cc3c4c(c2)N(c2ccccc2-c2ccccc2)c2ccc(-c5cccc6c5C(C)(C)CCC6(C)C)cc2B4c2cc(-c4ccccc4)ccc2N3c2ccccc2-c2ccccc2)c([2H])c1[2H]. The van der Waals surface area contributed by atoms with Gasteiger partial charge in [-0.3, -0.25) is 0 Å². The lowest BCUT2D eigenvalue weighted by molar-refractivity contribution is 0.333. The molecule has 0 N–H and O–H groups in total. The van der Waals surface area contributed by atoms with Crippen molar-refractivity contribution in [3.05, 3.63) is 248 Å². The van der Waals surface area contributed by atoms with Crippen LogP contribution in [0.15, 0.2) is 236 Å². The number of fused-ring (bicyclic) bond motifs is 5. The molecular weight excluding hydrogens is 856 g/mol. The predicted molar refractivity (Wildman–Crippen MR) is 303 cm³/mol. The largest absolute Gasteiger partial charge is 0.311 e. The zero-order valence-electron chi connectivity index (χ0n) is 45.5. The number of benzene rings is 10. The minimum Gasteiger partial charge on any atom is -0.311 e. The fourth-order valence-corrected chi connectivity index (χ4v) is 12.1. The van der Waals surface area contributed by atoms with Crippen LogP contribution in [0.3, 0.4) is 0 Å². The van der Waals surface area contributed by atoms with Crippen LogP contribution in [0.5, 0.6) is 0 Å². The molecule has 1 aliphatic carbocycles. The highest BCUT2D eigenvalue weighted by atomic mass is 15.2. The van der Waals surface area contributed by atoms with E-state index in [1.54, 1.807) is 0 Å². The summed E-state index contributed by atoms with van der Waals surface area (Å²) in [5.41, 5.74) is 21.3. The molecule has 2 aliphatic heterocycles. The first-order valence-electron chi connectivity index (χ1n) is 27.4. The minimum atomic E-state index is -0.422. The first-order chi connectivity index (χ1) is 36.8. The van der Waals surface area contributed by atoms with Gasteiger partial charge in [0.25, 0.3) is 6.71 Å². The first-order valence-corrected chi connectivity index (χ1v) is 24.9. The van der Waals surface area contributed by atoms with Crippen LogP contribution in [-0.2, 0) is 10.8 Å². The summed E-state index contributed by atoms with van der Waals surface area (Å²) >= 11 is 0. The van der Waals surface area contributed by atoms with Gasteiger partial charge in [0.1, 0.15) is 0 Å². The Labute approximate surface area is 426 Å².